The summed E-state index contributed by atoms with van der Waals surface area (Å²) in [5.74, 6) is 1.25. The first kappa shape index (κ1) is 17.9. The smallest absolute Gasteiger partial charge is 0.262 e. The van der Waals surface area contributed by atoms with Crippen LogP contribution < -0.4 is 14.8 Å². The highest BCUT2D eigenvalue weighted by atomic mass is 16.5. The Bertz CT molecular complexity index is 613. The molecule has 0 aliphatic heterocycles. The Kier molecular flexibility index (Phi) is 7.68. The lowest BCUT2D eigenvalue weighted by atomic mass is 10.2. The van der Waals surface area contributed by atoms with E-state index in [9.17, 15) is 4.79 Å². The van der Waals surface area contributed by atoms with Gasteiger partial charge in [0.15, 0.2) is 6.61 Å². The molecule has 0 aromatic heterocycles. The van der Waals surface area contributed by atoms with Crippen molar-refractivity contribution in [2.75, 3.05) is 18.5 Å². The van der Waals surface area contributed by atoms with Crippen LogP contribution in [0.25, 0.3) is 0 Å². The fraction of sp³-hybridized carbons (Fsp3) is 0.350. The van der Waals surface area contributed by atoms with E-state index in [0.29, 0.717) is 18.0 Å². The van der Waals surface area contributed by atoms with Crippen LogP contribution in [-0.2, 0) is 4.79 Å². The molecule has 0 saturated heterocycles. The van der Waals surface area contributed by atoms with Crippen molar-refractivity contribution in [3.05, 3.63) is 54.6 Å². The summed E-state index contributed by atoms with van der Waals surface area (Å²) in [5, 5.41) is 2.82. The Morgan fingerprint density at radius 3 is 2.50 bits per heavy atom. The third-order valence-electron chi connectivity index (χ3n) is 3.50. The number of para-hydroxylation sites is 1. The highest BCUT2D eigenvalue weighted by Gasteiger charge is 2.04. The number of rotatable bonds is 10. The molecular weight excluding hydrogens is 302 g/mol. The fourth-order valence-corrected chi connectivity index (χ4v) is 2.25. The highest BCUT2D eigenvalue weighted by Crippen LogP contribution is 2.18. The van der Waals surface area contributed by atoms with Crippen LogP contribution in [0, 0.1) is 0 Å². The van der Waals surface area contributed by atoms with E-state index in [1.165, 1.54) is 19.3 Å². The van der Waals surface area contributed by atoms with Crippen LogP contribution in [0.2, 0.25) is 0 Å². The molecule has 0 atom stereocenters. The monoisotopic (exact) mass is 327 g/mol. The zero-order chi connectivity index (χ0) is 17.0. The van der Waals surface area contributed by atoms with Gasteiger partial charge in [-0.25, -0.2) is 0 Å². The summed E-state index contributed by atoms with van der Waals surface area (Å²) >= 11 is 0. The lowest BCUT2D eigenvalue weighted by Gasteiger charge is -2.10. The van der Waals surface area contributed by atoms with Gasteiger partial charge in [-0.15, -0.1) is 0 Å². The summed E-state index contributed by atoms with van der Waals surface area (Å²) in [6.07, 6.45) is 4.69. The molecule has 2 aromatic carbocycles. The molecule has 0 radical (unpaired) electrons. The van der Waals surface area contributed by atoms with Gasteiger partial charge < -0.3 is 14.8 Å². The van der Waals surface area contributed by atoms with Crippen molar-refractivity contribution in [2.45, 2.75) is 32.6 Å². The van der Waals surface area contributed by atoms with Gasteiger partial charge in [0, 0.05) is 11.8 Å². The van der Waals surface area contributed by atoms with Gasteiger partial charge in [-0.05, 0) is 30.7 Å². The Morgan fingerprint density at radius 2 is 1.71 bits per heavy atom. The molecule has 24 heavy (non-hydrogen) atoms. The number of carbonyl (C=O) groups excluding carboxylic acids is 1. The van der Waals surface area contributed by atoms with Gasteiger partial charge in [0.05, 0.1) is 6.61 Å². The average Bonchev–Trinajstić information content (AvgIpc) is 2.61. The Balaban J connectivity index is 1.75. The minimum Gasteiger partial charge on any atom is -0.494 e. The van der Waals surface area contributed by atoms with E-state index in [4.69, 9.17) is 9.47 Å². The van der Waals surface area contributed by atoms with Gasteiger partial charge in [0.1, 0.15) is 11.5 Å². The first-order valence-corrected chi connectivity index (χ1v) is 8.48. The van der Waals surface area contributed by atoms with Crippen LogP contribution in [0.5, 0.6) is 11.5 Å². The number of carbonyl (C=O) groups is 1. The molecule has 4 nitrogen and oxygen atoms in total. The maximum Gasteiger partial charge on any atom is 0.262 e. The van der Waals surface area contributed by atoms with Crippen LogP contribution in [-0.4, -0.2) is 19.1 Å². The van der Waals surface area contributed by atoms with Gasteiger partial charge in [0.2, 0.25) is 0 Å². The average molecular weight is 327 g/mol. The molecule has 0 bridgehead atoms. The molecule has 128 valence electrons. The molecule has 0 aliphatic rings. The van der Waals surface area contributed by atoms with Crippen molar-refractivity contribution in [2.24, 2.45) is 0 Å². The zero-order valence-electron chi connectivity index (χ0n) is 14.2. The number of amides is 1. The number of hydrogen-bond acceptors (Lipinski definition) is 3. The SMILES string of the molecule is CCCCCCOc1cccc(NC(=O)COc2ccccc2)c1. The summed E-state index contributed by atoms with van der Waals surface area (Å²) in [6, 6.07) is 16.7. The highest BCUT2D eigenvalue weighted by molar-refractivity contribution is 5.92. The lowest BCUT2D eigenvalue weighted by molar-refractivity contribution is -0.118. The summed E-state index contributed by atoms with van der Waals surface area (Å²) in [5.41, 5.74) is 0.711. The van der Waals surface area contributed by atoms with Crippen LogP contribution in [0.3, 0.4) is 0 Å². The molecule has 0 saturated carbocycles. The molecule has 0 unspecified atom stereocenters. The van der Waals surface area contributed by atoms with E-state index in [1.807, 2.05) is 54.6 Å². The molecule has 0 spiro atoms. The molecule has 2 aromatic rings. The maximum atomic E-state index is 12.0. The molecule has 0 aliphatic carbocycles. The molecule has 0 heterocycles. The molecular formula is C20H25NO3. The molecule has 2 rings (SSSR count). The second kappa shape index (κ2) is 10.3. The topological polar surface area (TPSA) is 47.6 Å². The van der Waals surface area contributed by atoms with Crippen LogP contribution in [0.15, 0.2) is 54.6 Å². The number of benzene rings is 2. The van der Waals surface area contributed by atoms with E-state index in [2.05, 4.69) is 12.2 Å². The number of hydrogen-bond donors (Lipinski definition) is 1. The second-order valence-corrected chi connectivity index (χ2v) is 5.59. The Morgan fingerprint density at radius 1 is 0.917 bits per heavy atom. The number of unbranched alkanes of at least 4 members (excludes halogenated alkanes) is 3. The van der Waals surface area contributed by atoms with Gasteiger partial charge in [-0.1, -0.05) is 50.5 Å². The third-order valence-corrected chi connectivity index (χ3v) is 3.50. The van der Waals surface area contributed by atoms with Crippen molar-refractivity contribution in [3.8, 4) is 11.5 Å². The first-order chi connectivity index (χ1) is 11.8. The number of ether oxygens (including phenoxy) is 2. The van der Waals surface area contributed by atoms with Crippen molar-refractivity contribution in [1.29, 1.82) is 0 Å². The molecule has 1 N–H and O–H groups in total. The summed E-state index contributed by atoms with van der Waals surface area (Å²) < 4.78 is 11.2. The van der Waals surface area contributed by atoms with Gasteiger partial charge in [0.25, 0.3) is 5.91 Å². The zero-order valence-corrected chi connectivity index (χ0v) is 14.2. The standard InChI is InChI=1S/C20H25NO3/c1-2-3-4-8-14-23-19-13-9-10-17(15-19)21-20(22)16-24-18-11-6-5-7-12-18/h5-7,9-13,15H,2-4,8,14,16H2,1H3,(H,21,22). The van der Waals surface area contributed by atoms with E-state index in [-0.39, 0.29) is 12.5 Å². The molecule has 1 amide bonds. The minimum atomic E-state index is -0.195. The van der Waals surface area contributed by atoms with Gasteiger partial charge in [-0.2, -0.15) is 0 Å². The van der Waals surface area contributed by atoms with E-state index in [1.54, 1.807) is 0 Å². The van der Waals surface area contributed by atoms with Crippen LogP contribution in [0.4, 0.5) is 5.69 Å². The minimum absolute atomic E-state index is 0.0217. The predicted molar refractivity (Wildman–Crippen MR) is 96.6 cm³/mol. The van der Waals surface area contributed by atoms with Gasteiger partial charge in [-0.3, -0.25) is 4.79 Å². The summed E-state index contributed by atoms with van der Waals surface area (Å²) in [7, 11) is 0. The predicted octanol–water partition coefficient (Wildman–Crippen LogP) is 4.66. The van der Waals surface area contributed by atoms with E-state index < -0.39 is 0 Å². The normalized spacial score (nSPS) is 10.2. The summed E-state index contributed by atoms with van der Waals surface area (Å²) in [6.45, 7) is 2.87. The first-order valence-electron chi connectivity index (χ1n) is 8.48. The largest absolute Gasteiger partial charge is 0.494 e. The molecule has 4 heteroatoms. The lowest BCUT2D eigenvalue weighted by Crippen LogP contribution is -2.20. The Hall–Kier alpha value is -2.49. The van der Waals surface area contributed by atoms with Crippen molar-refractivity contribution < 1.29 is 14.3 Å². The third kappa shape index (κ3) is 6.73. The van der Waals surface area contributed by atoms with E-state index in [0.717, 1.165) is 12.2 Å². The number of nitrogens with one attached hydrogen (secondary N) is 1. The van der Waals surface area contributed by atoms with Gasteiger partial charge >= 0.3 is 0 Å². The van der Waals surface area contributed by atoms with Crippen LogP contribution in [0.1, 0.15) is 32.6 Å². The molecule has 0 fully saturated rings. The van der Waals surface area contributed by atoms with Crippen molar-refractivity contribution >= 4 is 11.6 Å². The quantitative estimate of drug-likeness (QED) is 0.645. The fourth-order valence-electron chi connectivity index (χ4n) is 2.25. The van der Waals surface area contributed by atoms with Crippen LogP contribution >= 0.6 is 0 Å². The van der Waals surface area contributed by atoms with Crippen molar-refractivity contribution in [1.82, 2.24) is 0 Å². The summed E-state index contributed by atoms with van der Waals surface area (Å²) in [4.78, 5) is 12.0. The Labute approximate surface area is 143 Å². The maximum absolute atomic E-state index is 12.0. The van der Waals surface area contributed by atoms with Crippen molar-refractivity contribution in [3.63, 3.8) is 0 Å². The van der Waals surface area contributed by atoms with E-state index >= 15 is 0 Å². The number of anilines is 1. The second-order valence-electron chi connectivity index (χ2n) is 5.59.